The molecule has 0 saturated carbocycles. The minimum atomic E-state index is 0.125. The van der Waals surface area contributed by atoms with Gasteiger partial charge in [0.05, 0.1) is 0 Å². The Labute approximate surface area is 173 Å². The standard InChI is InChI=1S/C23H31N5O/c1-2-11-26-13-15-27(16-14-26)23(29)20-8-9-25-22(17-20)28-12-10-24-21(18-28)19-6-4-3-5-7-19/h3-9,17,21,24H,2,10-16,18H2,1H3/t21-/m1/s1. The molecular weight excluding hydrogens is 362 g/mol. The number of carbonyl (C=O) groups excluding carboxylic acids is 1. The zero-order chi connectivity index (χ0) is 20.1. The monoisotopic (exact) mass is 393 g/mol. The van der Waals surface area contributed by atoms with Crippen molar-refractivity contribution in [3.8, 4) is 0 Å². The maximum absolute atomic E-state index is 13.0. The van der Waals surface area contributed by atoms with Gasteiger partial charge in [0, 0.05) is 63.6 Å². The smallest absolute Gasteiger partial charge is 0.254 e. The Kier molecular flexibility index (Phi) is 6.42. The predicted molar refractivity (Wildman–Crippen MR) is 116 cm³/mol. The van der Waals surface area contributed by atoms with Crippen molar-refractivity contribution in [2.75, 3.05) is 57.3 Å². The number of hydrogen-bond donors (Lipinski definition) is 1. The van der Waals surface area contributed by atoms with Crippen LogP contribution < -0.4 is 10.2 Å². The average molecular weight is 394 g/mol. The fourth-order valence-corrected chi connectivity index (χ4v) is 4.26. The van der Waals surface area contributed by atoms with Crippen molar-refractivity contribution in [1.29, 1.82) is 0 Å². The molecule has 2 saturated heterocycles. The Morgan fingerprint density at radius 2 is 1.90 bits per heavy atom. The van der Waals surface area contributed by atoms with Crippen molar-refractivity contribution >= 4 is 11.7 Å². The Morgan fingerprint density at radius 3 is 2.66 bits per heavy atom. The van der Waals surface area contributed by atoms with Crippen LogP contribution in [0.4, 0.5) is 5.82 Å². The van der Waals surface area contributed by atoms with Crippen molar-refractivity contribution in [2.24, 2.45) is 0 Å². The van der Waals surface area contributed by atoms with E-state index in [1.165, 1.54) is 5.56 Å². The summed E-state index contributed by atoms with van der Waals surface area (Å²) < 4.78 is 0. The second-order valence-corrected chi connectivity index (χ2v) is 7.90. The molecule has 1 N–H and O–H groups in total. The molecule has 2 aliphatic rings. The number of piperazine rings is 2. The minimum Gasteiger partial charge on any atom is -0.353 e. The third kappa shape index (κ3) is 4.77. The highest BCUT2D eigenvalue weighted by Crippen LogP contribution is 2.22. The lowest BCUT2D eigenvalue weighted by atomic mass is 10.0. The summed E-state index contributed by atoms with van der Waals surface area (Å²) in [6, 6.07) is 14.6. The van der Waals surface area contributed by atoms with Crippen LogP contribution in [0, 0.1) is 0 Å². The van der Waals surface area contributed by atoms with E-state index in [-0.39, 0.29) is 11.9 Å². The number of hydrogen-bond acceptors (Lipinski definition) is 5. The second-order valence-electron chi connectivity index (χ2n) is 7.90. The average Bonchev–Trinajstić information content (AvgIpc) is 2.80. The van der Waals surface area contributed by atoms with Crippen molar-refractivity contribution in [2.45, 2.75) is 19.4 Å². The summed E-state index contributed by atoms with van der Waals surface area (Å²) in [5, 5.41) is 3.59. The number of benzene rings is 1. The summed E-state index contributed by atoms with van der Waals surface area (Å²) in [5.74, 6) is 1.02. The van der Waals surface area contributed by atoms with Crippen molar-refractivity contribution in [1.82, 2.24) is 20.1 Å². The van der Waals surface area contributed by atoms with E-state index in [1.807, 2.05) is 23.1 Å². The van der Waals surface area contributed by atoms with Gasteiger partial charge in [-0.2, -0.15) is 0 Å². The topological polar surface area (TPSA) is 51.7 Å². The third-order valence-electron chi connectivity index (χ3n) is 5.89. The van der Waals surface area contributed by atoms with Gasteiger partial charge in [0.2, 0.25) is 0 Å². The quantitative estimate of drug-likeness (QED) is 0.845. The Morgan fingerprint density at radius 1 is 1.10 bits per heavy atom. The van der Waals surface area contributed by atoms with E-state index in [0.717, 1.165) is 70.2 Å². The van der Waals surface area contributed by atoms with E-state index in [0.29, 0.717) is 0 Å². The van der Waals surface area contributed by atoms with Gasteiger partial charge < -0.3 is 15.1 Å². The van der Waals surface area contributed by atoms with Gasteiger partial charge in [-0.3, -0.25) is 9.69 Å². The van der Waals surface area contributed by atoms with Crippen LogP contribution in [0.3, 0.4) is 0 Å². The molecule has 29 heavy (non-hydrogen) atoms. The number of anilines is 1. The van der Waals surface area contributed by atoms with Crippen LogP contribution in [0.2, 0.25) is 0 Å². The highest BCUT2D eigenvalue weighted by Gasteiger charge is 2.24. The second kappa shape index (κ2) is 9.37. The van der Waals surface area contributed by atoms with Gasteiger partial charge >= 0.3 is 0 Å². The predicted octanol–water partition coefficient (Wildman–Crippen LogP) is 2.40. The van der Waals surface area contributed by atoms with Gasteiger partial charge in [-0.15, -0.1) is 0 Å². The van der Waals surface area contributed by atoms with Crippen molar-refractivity contribution < 1.29 is 4.79 Å². The molecule has 0 unspecified atom stereocenters. The summed E-state index contributed by atoms with van der Waals surface area (Å²) in [5.41, 5.74) is 2.03. The van der Waals surface area contributed by atoms with Crippen LogP contribution in [0.5, 0.6) is 0 Å². The van der Waals surface area contributed by atoms with E-state index in [9.17, 15) is 4.79 Å². The fraction of sp³-hybridized carbons (Fsp3) is 0.478. The van der Waals surface area contributed by atoms with Gasteiger partial charge in [-0.05, 0) is 30.7 Å². The molecule has 154 valence electrons. The molecule has 1 atom stereocenters. The van der Waals surface area contributed by atoms with Crippen molar-refractivity contribution in [3.05, 3.63) is 59.8 Å². The van der Waals surface area contributed by atoms with Gasteiger partial charge in [0.1, 0.15) is 5.82 Å². The Bertz CT molecular complexity index is 804. The lowest BCUT2D eigenvalue weighted by Gasteiger charge is -2.36. The number of rotatable bonds is 5. The summed E-state index contributed by atoms with van der Waals surface area (Å²) in [7, 11) is 0. The lowest BCUT2D eigenvalue weighted by molar-refractivity contribution is 0.0637. The summed E-state index contributed by atoms with van der Waals surface area (Å²) in [4.78, 5) is 24.3. The summed E-state index contributed by atoms with van der Waals surface area (Å²) >= 11 is 0. The lowest BCUT2D eigenvalue weighted by Crippen LogP contribution is -2.49. The van der Waals surface area contributed by atoms with Crippen LogP contribution in [-0.2, 0) is 0 Å². The number of nitrogens with zero attached hydrogens (tertiary/aromatic N) is 4. The SMILES string of the molecule is CCCN1CCN(C(=O)c2ccnc(N3CCN[C@@H](c4ccccc4)C3)c2)CC1. The first-order chi connectivity index (χ1) is 14.2. The van der Waals surface area contributed by atoms with E-state index >= 15 is 0 Å². The maximum atomic E-state index is 13.0. The molecule has 1 amide bonds. The Hall–Kier alpha value is -2.44. The molecule has 0 bridgehead atoms. The largest absolute Gasteiger partial charge is 0.353 e. The normalized spacial score (nSPS) is 20.7. The molecule has 1 aromatic heterocycles. The molecule has 0 radical (unpaired) electrons. The van der Waals surface area contributed by atoms with E-state index in [4.69, 9.17) is 0 Å². The molecule has 6 nitrogen and oxygen atoms in total. The molecule has 4 rings (SSSR count). The van der Waals surface area contributed by atoms with Crippen molar-refractivity contribution in [3.63, 3.8) is 0 Å². The molecule has 0 spiro atoms. The van der Waals surface area contributed by atoms with E-state index < -0.39 is 0 Å². The zero-order valence-electron chi connectivity index (χ0n) is 17.3. The number of pyridine rings is 1. The number of aromatic nitrogens is 1. The minimum absolute atomic E-state index is 0.125. The Balaban J connectivity index is 1.42. The van der Waals surface area contributed by atoms with Crippen LogP contribution in [-0.4, -0.2) is 73.0 Å². The van der Waals surface area contributed by atoms with Crippen LogP contribution in [0.25, 0.3) is 0 Å². The maximum Gasteiger partial charge on any atom is 0.254 e. The number of amides is 1. The van der Waals surface area contributed by atoms with Crippen LogP contribution >= 0.6 is 0 Å². The molecule has 2 fully saturated rings. The third-order valence-corrected chi connectivity index (χ3v) is 5.89. The van der Waals surface area contributed by atoms with E-state index in [2.05, 4.69) is 51.3 Å². The van der Waals surface area contributed by atoms with Gasteiger partial charge in [0.15, 0.2) is 0 Å². The number of nitrogens with one attached hydrogen (secondary N) is 1. The van der Waals surface area contributed by atoms with E-state index in [1.54, 1.807) is 6.20 Å². The van der Waals surface area contributed by atoms with Crippen LogP contribution in [0.1, 0.15) is 35.3 Å². The molecule has 3 heterocycles. The molecule has 2 aliphatic heterocycles. The number of carbonyl (C=O) groups is 1. The fourth-order valence-electron chi connectivity index (χ4n) is 4.26. The molecule has 1 aromatic carbocycles. The first kappa shape index (κ1) is 19.9. The molecule has 0 aliphatic carbocycles. The first-order valence-corrected chi connectivity index (χ1v) is 10.8. The van der Waals surface area contributed by atoms with Crippen LogP contribution in [0.15, 0.2) is 48.7 Å². The van der Waals surface area contributed by atoms with Gasteiger partial charge in [0.25, 0.3) is 5.91 Å². The summed E-state index contributed by atoms with van der Waals surface area (Å²) in [6.45, 7) is 9.51. The molecular formula is C23H31N5O. The zero-order valence-corrected chi connectivity index (χ0v) is 17.3. The van der Waals surface area contributed by atoms with Gasteiger partial charge in [-0.25, -0.2) is 4.98 Å². The highest BCUT2D eigenvalue weighted by molar-refractivity contribution is 5.95. The highest BCUT2D eigenvalue weighted by atomic mass is 16.2. The summed E-state index contributed by atoms with van der Waals surface area (Å²) in [6.07, 6.45) is 2.94. The molecule has 2 aromatic rings. The molecule has 6 heteroatoms. The first-order valence-electron chi connectivity index (χ1n) is 10.8. The van der Waals surface area contributed by atoms with Gasteiger partial charge in [-0.1, -0.05) is 37.3 Å².